The van der Waals surface area contributed by atoms with Crippen molar-refractivity contribution in [1.29, 1.82) is 0 Å². The fraction of sp³-hybridized carbons (Fsp3) is 0.818. The molecule has 14 heavy (non-hydrogen) atoms. The number of carbonyl (C=O) groups is 2. The summed E-state index contributed by atoms with van der Waals surface area (Å²) in [6.07, 6.45) is 3.46. The van der Waals surface area contributed by atoms with E-state index in [4.69, 9.17) is 4.74 Å². The van der Waals surface area contributed by atoms with E-state index in [0.717, 1.165) is 25.5 Å². The topological polar surface area (TPSA) is 43.4 Å². The first kappa shape index (κ1) is 11.2. The van der Waals surface area contributed by atoms with Gasteiger partial charge in [0.05, 0.1) is 12.5 Å². The fourth-order valence-corrected chi connectivity index (χ4v) is 2.16. The molecule has 3 nitrogen and oxygen atoms in total. The maximum absolute atomic E-state index is 11.5. The van der Waals surface area contributed by atoms with E-state index in [1.807, 2.05) is 13.8 Å². The molecule has 2 unspecified atom stereocenters. The summed E-state index contributed by atoms with van der Waals surface area (Å²) < 4.78 is 4.99. The number of rotatable bonds is 3. The van der Waals surface area contributed by atoms with Crippen LogP contribution in [0.5, 0.6) is 0 Å². The van der Waals surface area contributed by atoms with Gasteiger partial charge in [-0.1, -0.05) is 6.92 Å². The molecular weight excluding hydrogens is 180 g/mol. The highest BCUT2D eigenvalue weighted by atomic mass is 16.5. The molecule has 0 saturated heterocycles. The first-order chi connectivity index (χ1) is 6.69. The Balaban J connectivity index is 2.48. The highest BCUT2D eigenvalue weighted by molar-refractivity contribution is 5.73. The van der Waals surface area contributed by atoms with Crippen LogP contribution >= 0.6 is 0 Å². The molecule has 1 saturated carbocycles. The summed E-state index contributed by atoms with van der Waals surface area (Å²) in [5.41, 5.74) is 0. The van der Waals surface area contributed by atoms with Crippen molar-refractivity contribution in [2.75, 3.05) is 6.61 Å². The maximum atomic E-state index is 11.5. The van der Waals surface area contributed by atoms with Gasteiger partial charge in [0.15, 0.2) is 0 Å². The lowest BCUT2D eigenvalue weighted by atomic mass is 9.75. The molecule has 0 bridgehead atoms. The first-order valence-corrected chi connectivity index (χ1v) is 5.31. The summed E-state index contributed by atoms with van der Waals surface area (Å²) in [4.78, 5) is 22.1. The summed E-state index contributed by atoms with van der Waals surface area (Å²) in [5.74, 6) is 0.337. The van der Waals surface area contributed by atoms with Crippen LogP contribution in [0.2, 0.25) is 0 Å². The summed E-state index contributed by atoms with van der Waals surface area (Å²) in [6, 6.07) is 0. The molecule has 0 aromatic heterocycles. The van der Waals surface area contributed by atoms with Crippen molar-refractivity contribution < 1.29 is 14.3 Å². The van der Waals surface area contributed by atoms with Gasteiger partial charge in [-0.3, -0.25) is 4.79 Å². The Morgan fingerprint density at radius 1 is 1.50 bits per heavy atom. The summed E-state index contributed by atoms with van der Waals surface area (Å²) in [7, 11) is 0. The van der Waals surface area contributed by atoms with Gasteiger partial charge >= 0.3 is 5.97 Å². The van der Waals surface area contributed by atoms with Crippen LogP contribution in [0.1, 0.15) is 33.1 Å². The number of ether oxygens (including phenoxy) is 1. The summed E-state index contributed by atoms with van der Waals surface area (Å²) >= 11 is 0. The van der Waals surface area contributed by atoms with Gasteiger partial charge in [0.1, 0.15) is 6.29 Å². The van der Waals surface area contributed by atoms with E-state index in [-0.39, 0.29) is 23.7 Å². The minimum atomic E-state index is -0.0932. The Morgan fingerprint density at radius 3 is 2.71 bits per heavy atom. The van der Waals surface area contributed by atoms with Crippen LogP contribution in [0.25, 0.3) is 0 Å². The predicted octanol–water partition coefficient (Wildman–Crippen LogP) is 1.80. The van der Waals surface area contributed by atoms with Crippen molar-refractivity contribution in [2.45, 2.75) is 33.1 Å². The Labute approximate surface area is 84.8 Å². The molecule has 1 rings (SSSR count). The second-order valence-electron chi connectivity index (χ2n) is 4.05. The molecule has 1 aliphatic rings. The van der Waals surface area contributed by atoms with Crippen molar-refractivity contribution in [2.24, 2.45) is 17.8 Å². The van der Waals surface area contributed by atoms with Crippen LogP contribution in [-0.4, -0.2) is 18.9 Å². The third-order valence-electron chi connectivity index (χ3n) is 2.99. The van der Waals surface area contributed by atoms with Crippen LogP contribution < -0.4 is 0 Å². The molecular formula is C11H18O3. The van der Waals surface area contributed by atoms with Crippen LogP contribution in [0.3, 0.4) is 0 Å². The van der Waals surface area contributed by atoms with Gasteiger partial charge in [0, 0.05) is 5.92 Å². The maximum Gasteiger partial charge on any atom is 0.309 e. The zero-order valence-electron chi connectivity index (χ0n) is 8.86. The SMILES string of the molecule is CCOC(=O)C1CCC(C=O)C[C@H]1C. The van der Waals surface area contributed by atoms with E-state index in [1.165, 1.54) is 0 Å². The van der Waals surface area contributed by atoms with Crippen molar-refractivity contribution in [3.8, 4) is 0 Å². The molecule has 0 N–H and O–H groups in total. The molecule has 0 aromatic rings. The fourth-order valence-electron chi connectivity index (χ4n) is 2.16. The van der Waals surface area contributed by atoms with E-state index in [1.54, 1.807) is 0 Å². The molecule has 0 heterocycles. The van der Waals surface area contributed by atoms with Gasteiger partial charge in [-0.15, -0.1) is 0 Å². The van der Waals surface area contributed by atoms with Crippen LogP contribution in [0.15, 0.2) is 0 Å². The molecule has 0 aromatic carbocycles. The lowest BCUT2D eigenvalue weighted by Gasteiger charge is -2.29. The third kappa shape index (κ3) is 2.56. The Bertz CT molecular complexity index is 213. The van der Waals surface area contributed by atoms with Crippen LogP contribution in [-0.2, 0) is 14.3 Å². The number of hydrogen-bond donors (Lipinski definition) is 0. The van der Waals surface area contributed by atoms with E-state index < -0.39 is 0 Å². The number of hydrogen-bond acceptors (Lipinski definition) is 3. The lowest BCUT2D eigenvalue weighted by molar-refractivity contribution is -0.151. The molecule has 0 aliphatic heterocycles. The molecule has 0 amide bonds. The van der Waals surface area contributed by atoms with Crippen molar-refractivity contribution in [3.05, 3.63) is 0 Å². The normalized spacial score (nSPS) is 32.3. The third-order valence-corrected chi connectivity index (χ3v) is 2.99. The molecule has 1 aliphatic carbocycles. The monoisotopic (exact) mass is 198 g/mol. The number of carbonyl (C=O) groups excluding carboxylic acids is 2. The zero-order valence-corrected chi connectivity index (χ0v) is 8.86. The molecule has 1 fully saturated rings. The van der Waals surface area contributed by atoms with Crippen molar-refractivity contribution in [1.82, 2.24) is 0 Å². The van der Waals surface area contributed by atoms with Crippen LogP contribution in [0, 0.1) is 17.8 Å². The minimum absolute atomic E-state index is 0.00569. The smallest absolute Gasteiger partial charge is 0.309 e. The summed E-state index contributed by atoms with van der Waals surface area (Å²) in [5, 5.41) is 0. The van der Waals surface area contributed by atoms with Crippen molar-refractivity contribution in [3.63, 3.8) is 0 Å². The van der Waals surface area contributed by atoms with Gasteiger partial charge < -0.3 is 9.53 Å². The molecule has 3 atom stereocenters. The van der Waals surface area contributed by atoms with Gasteiger partial charge in [-0.2, -0.15) is 0 Å². The quantitative estimate of drug-likeness (QED) is 0.513. The standard InChI is InChI=1S/C11H18O3/c1-3-14-11(13)10-5-4-9(7-12)6-8(10)2/h7-10H,3-6H2,1-2H3/t8-,9?,10?/m1/s1. The van der Waals surface area contributed by atoms with Crippen LogP contribution in [0.4, 0.5) is 0 Å². The number of aldehydes is 1. The summed E-state index contributed by atoms with van der Waals surface area (Å²) in [6.45, 7) is 4.29. The Kier molecular flexibility index (Phi) is 4.11. The van der Waals surface area contributed by atoms with Crippen molar-refractivity contribution >= 4 is 12.3 Å². The van der Waals surface area contributed by atoms with Gasteiger partial charge in [-0.25, -0.2) is 0 Å². The van der Waals surface area contributed by atoms with E-state index >= 15 is 0 Å². The molecule has 80 valence electrons. The second-order valence-corrected chi connectivity index (χ2v) is 4.05. The van der Waals surface area contributed by atoms with E-state index in [2.05, 4.69) is 0 Å². The molecule has 0 radical (unpaired) electrons. The van der Waals surface area contributed by atoms with Gasteiger partial charge in [0.25, 0.3) is 0 Å². The van der Waals surface area contributed by atoms with E-state index in [0.29, 0.717) is 6.61 Å². The largest absolute Gasteiger partial charge is 0.466 e. The van der Waals surface area contributed by atoms with Gasteiger partial charge in [0.2, 0.25) is 0 Å². The lowest BCUT2D eigenvalue weighted by Crippen LogP contribution is -2.30. The average Bonchev–Trinajstić information content (AvgIpc) is 2.17. The highest BCUT2D eigenvalue weighted by Crippen LogP contribution is 2.33. The average molecular weight is 198 g/mol. The predicted molar refractivity (Wildman–Crippen MR) is 52.7 cm³/mol. The second kappa shape index (κ2) is 5.13. The van der Waals surface area contributed by atoms with Gasteiger partial charge in [-0.05, 0) is 32.1 Å². The number of esters is 1. The molecule has 3 heteroatoms. The zero-order chi connectivity index (χ0) is 10.6. The Hall–Kier alpha value is -0.860. The molecule has 0 spiro atoms. The first-order valence-electron chi connectivity index (χ1n) is 5.31. The highest BCUT2D eigenvalue weighted by Gasteiger charge is 2.32. The van der Waals surface area contributed by atoms with E-state index in [9.17, 15) is 9.59 Å². The minimum Gasteiger partial charge on any atom is -0.466 e. The Morgan fingerprint density at radius 2 is 2.21 bits per heavy atom.